The van der Waals surface area contributed by atoms with E-state index in [4.69, 9.17) is 5.41 Å². The average Bonchev–Trinajstić information content (AvgIpc) is 2.77. The van der Waals surface area contributed by atoms with Crippen LogP contribution in [-0.4, -0.2) is 10.8 Å². The number of halogens is 1. The fourth-order valence-corrected chi connectivity index (χ4v) is 3.02. The Morgan fingerprint density at radius 3 is 2.42 bits per heavy atom. The van der Waals surface area contributed by atoms with Crippen LogP contribution >= 0.6 is 11.3 Å². The quantitative estimate of drug-likeness (QED) is 0.675. The highest BCUT2D eigenvalue weighted by Gasteiger charge is 2.16. The molecule has 0 aliphatic heterocycles. The molecule has 1 aromatic heterocycles. The van der Waals surface area contributed by atoms with Gasteiger partial charge in [-0.15, -0.1) is 11.3 Å². The second-order valence-corrected chi connectivity index (χ2v) is 5.21. The molecule has 94 valence electrons. The Morgan fingerprint density at radius 2 is 1.74 bits per heavy atom. The van der Waals surface area contributed by atoms with E-state index in [2.05, 4.69) is 0 Å². The fraction of sp³-hybridized carbons (Fsp3) is 0. The Kier molecular flexibility index (Phi) is 2.80. The first-order valence-corrected chi connectivity index (χ1v) is 6.54. The first-order valence-electron chi connectivity index (χ1n) is 5.72. The minimum Gasteiger partial charge on any atom is -0.506 e. The van der Waals surface area contributed by atoms with Crippen molar-refractivity contribution in [3.8, 4) is 5.75 Å². The summed E-state index contributed by atoms with van der Waals surface area (Å²) in [7, 11) is 0. The lowest BCUT2D eigenvalue weighted by atomic mass is 10.1. The van der Waals surface area contributed by atoms with Gasteiger partial charge in [-0.3, -0.25) is 5.41 Å². The summed E-state index contributed by atoms with van der Waals surface area (Å²) < 4.78 is 13.8. The molecule has 2 aromatic carbocycles. The Balaban J connectivity index is 2.11. The molecule has 0 atom stereocenters. The molecule has 0 spiro atoms. The van der Waals surface area contributed by atoms with E-state index < -0.39 is 0 Å². The summed E-state index contributed by atoms with van der Waals surface area (Å²) in [5, 5.41) is 19.1. The van der Waals surface area contributed by atoms with Crippen LogP contribution in [0.5, 0.6) is 5.75 Å². The molecule has 0 amide bonds. The van der Waals surface area contributed by atoms with Gasteiger partial charge in [0.1, 0.15) is 11.6 Å². The van der Waals surface area contributed by atoms with Crippen LogP contribution in [0, 0.1) is 11.2 Å². The topological polar surface area (TPSA) is 44.1 Å². The number of rotatable bonds is 2. The molecule has 19 heavy (non-hydrogen) atoms. The monoisotopic (exact) mass is 271 g/mol. The summed E-state index contributed by atoms with van der Waals surface area (Å²) in [6.07, 6.45) is 0. The summed E-state index contributed by atoms with van der Waals surface area (Å²) in [6.45, 7) is 0. The second-order valence-electron chi connectivity index (χ2n) is 4.16. The molecule has 1 heterocycles. The molecule has 0 saturated carbocycles. The lowest BCUT2D eigenvalue weighted by Gasteiger charge is -2.02. The van der Waals surface area contributed by atoms with E-state index in [1.165, 1.54) is 23.5 Å². The number of aromatic hydroxyl groups is 1. The van der Waals surface area contributed by atoms with E-state index in [9.17, 15) is 9.50 Å². The van der Waals surface area contributed by atoms with Gasteiger partial charge < -0.3 is 5.11 Å². The minimum absolute atomic E-state index is 0.120. The van der Waals surface area contributed by atoms with Crippen molar-refractivity contribution in [2.75, 3.05) is 0 Å². The van der Waals surface area contributed by atoms with Crippen molar-refractivity contribution < 1.29 is 9.50 Å². The largest absolute Gasteiger partial charge is 0.506 e. The van der Waals surface area contributed by atoms with E-state index in [1.807, 2.05) is 24.3 Å². The molecule has 4 heteroatoms. The van der Waals surface area contributed by atoms with Crippen molar-refractivity contribution in [2.24, 2.45) is 0 Å². The SMILES string of the molecule is N=C(c1ccc(F)cc1)c1sc2ccccc2c1O. The lowest BCUT2D eigenvalue weighted by molar-refractivity contribution is 0.482. The highest BCUT2D eigenvalue weighted by atomic mass is 32.1. The zero-order valence-electron chi connectivity index (χ0n) is 9.85. The highest BCUT2D eigenvalue weighted by molar-refractivity contribution is 7.21. The molecule has 0 aliphatic rings. The number of hydrogen-bond donors (Lipinski definition) is 2. The van der Waals surface area contributed by atoms with Crippen molar-refractivity contribution in [1.82, 2.24) is 0 Å². The first-order chi connectivity index (χ1) is 9.16. The zero-order chi connectivity index (χ0) is 13.4. The lowest BCUT2D eigenvalue weighted by Crippen LogP contribution is -1.98. The summed E-state index contributed by atoms with van der Waals surface area (Å²) in [5.74, 6) is -0.216. The molecule has 0 bridgehead atoms. The van der Waals surface area contributed by atoms with Gasteiger partial charge in [-0.25, -0.2) is 4.39 Å². The summed E-state index contributed by atoms with van der Waals surface area (Å²) in [6, 6.07) is 13.2. The summed E-state index contributed by atoms with van der Waals surface area (Å²) in [4.78, 5) is 0.507. The van der Waals surface area contributed by atoms with Gasteiger partial charge in [-0.1, -0.05) is 12.1 Å². The highest BCUT2D eigenvalue weighted by Crippen LogP contribution is 2.37. The van der Waals surface area contributed by atoms with Crippen molar-refractivity contribution in [3.05, 3.63) is 64.8 Å². The van der Waals surface area contributed by atoms with Crippen LogP contribution in [0.2, 0.25) is 0 Å². The summed E-state index contributed by atoms with van der Waals surface area (Å²) in [5.41, 5.74) is 0.793. The van der Waals surface area contributed by atoms with Crippen molar-refractivity contribution in [1.29, 1.82) is 5.41 Å². The van der Waals surface area contributed by atoms with Crippen LogP contribution in [0.3, 0.4) is 0 Å². The van der Waals surface area contributed by atoms with Crippen LogP contribution in [0.15, 0.2) is 48.5 Å². The van der Waals surface area contributed by atoms with Crippen molar-refractivity contribution >= 4 is 27.1 Å². The Morgan fingerprint density at radius 1 is 1.05 bits per heavy atom. The van der Waals surface area contributed by atoms with Crippen molar-refractivity contribution in [2.45, 2.75) is 0 Å². The van der Waals surface area contributed by atoms with Crippen LogP contribution < -0.4 is 0 Å². The average molecular weight is 271 g/mol. The van der Waals surface area contributed by atoms with Crippen LogP contribution in [0.4, 0.5) is 4.39 Å². The number of benzene rings is 2. The Bertz CT molecular complexity index is 761. The molecule has 0 radical (unpaired) electrons. The van der Waals surface area contributed by atoms with Crippen molar-refractivity contribution in [3.63, 3.8) is 0 Å². The Labute approximate surface area is 113 Å². The van der Waals surface area contributed by atoms with E-state index in [0.717, 1.165) is 10.1 Å². The number of hydrogen-bond acceptors (Lipinski definition) is 3. The molecule has 0 unspecified atom stereocenters. The molecule has 0 fully saturated rings. The van der Waals surface area contributed by atoms with Gasteiger partial charge in [0.15, 0.2) is 0 Å². The first kappa shape index (κ1) is 11.9. The molecule has 2 nitrogen and oxygen atoms in total. The maximum Gasteiger partial charge on any atom is 0.143 e. The van der Waals surface area contributed by atoms with Gasteiger partial charge in [0.05, 0.1) is 10.6 Å². The number of nitrogens with one attached hydrogen (secondary N) is 1. The molecule has 3 rings (SSSR count). The maximum absolute atomic E-state index is 12.9. The van der Waals surface area contributed by atoms with Gasteiger partial charge in [-0.2, -0.15) is 0 Å². The van der Waals surface area contributed by atoms with E-state index >= 15 is 0 Å². The smallest absolute Gasteiger partial charge is 0.143 e. The predicted octanol–water partition coefficient (Wildman–Crippen LogP) is 4.16. The van der Waals surface area contributed by atoms with Gasteiger partial charge in [0, 0.05) is 15.6 Å². The van der Waals surface area contributed by atoms with Crippen LogP contribution in [0.1, 0.15) is 10.4 Å². The second kappa shape index (κ2) is 4.48. The van der Waals surface area contributed by atoms with Gasteiger partial charge in [-0.05, 0) is 36.4 Å². The fourth-order valence-electron chi connectivity index (χ4n) is 1.95. The maximum atomic E-state index is 12.9. The third kappa shape index (κ3) is 2.00. The van der Waals surface area contributed by atoms with Gasteiger partial charge in [0.2, 0.25) is 0 Å². The van der Waals surface area contributed by atoms with E-state index in [-0.39, 0.29) is 17.3 Å². The molecule has 0 saturated heterocycles. The van der Waals surface area contributed by atoms with Gasteiger partial charge in [0.25, 0.3) is 0 Å². The van der Waals surface area contributed by atoms with Gasteiger partial charge >= 0.3 is 0 Å². The van der Waals surface area contributed by atoms with E-state index in [1.54, 1.807) is 12.1 Å². The third-order valence-corrected chi connectivity index (χ3v) is 4.11. The van der Waals surface area contributed by atoms with Crippen LogP contribution in [0.25, 0.3) is 10.1 Å². The zero-order valence-corrected chi connectivity index (χ0v) is 10.7. The standard InChI is InChI=1S/C15H10FNOS/c16-10-7-5-9(6-8-10)13(17)15-14(18)11-3-1-2-4-12(11)19-15/h1-8,17-18H. The molecule has 0 aliphatic carbocycles. The Hall–Kier alpha value is -2.20. The number of thiophene rings is 1. The minimum atomic E-state index is -0.336. The normalized spacial score (nSPS) is 10.8. The molecular weight excluding hydrogens is 261 g/mol. The van der Waals surface area contributed by atoms with E-state index in [0.29, 0.717) is 10.4 Å². The predicted molar refractivity (Wildman–Crippen MR) is 75.8 cm³/mol. The van der Waals surface area contributed by atoms with Crippen LogP contribution in [-0.2, 0) is 0 Å². The number of fused-ring (bicyclic) bond motifs is 1. The molecule has 2 N–H and O–H groups in total. The summed E-state index contributed by atoms with van der Waals surface area (Å²) >= 11 is 1.36. The third-order valence-electron chi connectivity index (χ3n) is 2.93. The molecular formula is C15H10FNOS. The molecule has 3 aromatic rings.